The lowest BCUT2D eigenvalue weighted by molar-refractivity contribution is 0.0183. The fraction of sp³-hybridized carbons (Fsp3) is 0.500. The average Bonchev–Trinajstić information content (AvgIpc) is 3.26. The highest BCUT2D eigenvalue weighted by Gasteiger charge is 2.28. The maximum atomic E-state index is 13.9. The predicted octanol–water partition coefficient (Wildman–Crippen LogP) is 1.92. The van der Waals surface area contributed by atoms with E-state index in [9.17, 15) is 4.39 Å². The highest BCUT2D eigenvalue weighted by Crippen LogP contribution is 2.19. The number of hydrogen-bond acceptors (Lipinski definition) is 4. The fourth-order valence-corrected chi connectivity index (χ4v) is 3.64. The second-order valence-corrected chi connectivity index (χ2v) is 6.53. The van der Waals surface area contributed by atoms with Crippen LogP contribution in [0.15, 0.2) is 36.5 Å². The Hall–Kier alpha value is -1.76. The van der Waals surface area contributed by atoms with Crippen LogP contribution in [-0.2, 0) is 11.3 Å². The summed E-state index contributed by atoms with van der Waals surface area (Å²) in [5.41, 5.74) is 1.48. The molecular formula is C18H23FN4O. The lowest BCUT2D eigenvalue weighted by Gasteiger charge is -2.32. The molecule has 0 aliphatic carbocycles. The Morgan fingerprint density at radius 1 is 1.12 bits per heavy atom. The van der Waals surface area contributed by atoms with Gasteiger partial charge in [0.25, 0.3) is 0 Å². The molecule has 0 bridgehead atoms. The van der Waals surface area contributed by atoms with Gasteiger partial charge in [0, 0.05) is 45.0 Å². The van der Waals surface area contributed by atoms with E-state index in [1.807, 2.05) is 18.3 Å². The third kappa shape index (κ3) is 3.36. The van der Waals surface area contributed by atoms with Gasteiger partial charge in [0.2, 0.25) is 0 Å². The van der Waals surface area contributed by atoms with Crippen LogP contribution in [0.1, 0.15) is 12.1 Å². The Bertz CT molecular complexity index is 683. The van der Waals surface area contributed by atoms with Crippen LogP contribution in [-0.4, -0.2) is 65.0 Å². The van der Waals surface area contributed by atoms with Crippen molar-refractivity contribution in [2.45, 2.75) is 19.0 Å². The third-order valence-electron chi connectivity index (χ3n) is 4.94. The minimum Gasteiger partial charge on any atom is -0.379 e. The van der Waals surface area contributed by atoms with E-state index < -0.39 is 0 Å². The number of para-hydroxylation sites is 1. The first-order valence-electron chi connectivity index (χ1n) is 8.63. The number of likely N-dealkylation sites (tertiary alicyclic amines) is 1. The fourth-order valence-electron chi connectivity index (χ4n) is 3.64. The number of hydrogen-bond donors (Lipinski definition) is 0. The first-order valence-corrected chi connectivity index (χ1v) is 8.63. The van der Waals surface area contributed by atoms with Gasteiger partial charge >= 0.3 is 0 Å². The van der Waals surface area contributed by atoms with Crippen molar-refractivity contribution in [2.75, 3.05) is 39.4 Å². The monoisotopic (exact) mass is 330 g/mol. The number of morpholine rings is 1. The van der Waals surface area contributed by atoms with Crippen LogP contribution in [0.5, 0.6) is 0 Å². The molecule has 1 aromatic heterocycles. The Labute approximate surface area is 141 Å². The van der Waals surface area contributed by atoms with Gasteiger partial charge in [-0.05, 0) is 24.6 Å². The molecule has 4 rings (SSSR count). The van der Waals surface area contributed by atoms with Gasteiger partial charge in [-0.3, -0.25) is 9.80 Å². The second kappa shape index (κ2) is 7.01. The smallest absolute Gasteiger partial charge is 0.148 e. The van der Waals surface area contributed by atoms with E-state index in [0.717, 1.165) is 51.6 Å². The molecule has 0 amide bonds. The highest BCUT2D eigenvalue weighted by atomic mass is 19.1. The zero-order chi connectivity index (χ0) is 16.4. The summed E-state index contributed by atoms with van der Waals surface area (Å²) in [5.74, 6) is -0.249. The minimum absolute atomic E-state index is 0.249. The van der Waals surface area contributed by atoms with Crippen LogP contribution in [0.3, 0.4) is 0 Å². The maximum Gasteiger partial charge on any atom is 0.148 e. The molecule has 6 heteroatoms. The molecular weight excluding hydrogens is 307 g/mol. The van der Waals surface area contributed by atoms with Gasteiger partial charge < -0.3 is 4.74 Å². The number of nitrogens with zero attached hydrogens (tertiary/aromatic N) is 4. The summed E-state index contributed by atoms with van der Waals surface area (Å²) in [7, 11) is 0. The van der Waals surface area contributed by atoms with Crippen molar-refractivity contribution in [1.82, 2.24) is 19.6 Å². The Balaban J connectivity index is 1.37. The first kappa shape index (κ1) is 15.7. The zero-order valence-electron chi connectivity index (χ0n) is 13.8. The number of ether oxygens (including phenoxy) is 1. The largest absolute Gasteiger partial charge is 0.379 e. The molecule has 1 unspecified atom stereocenters. The first-order chi connectivity index (χ1) is 11.8. The molecule has 1 atom stereocenters. The van der Waals surface area contributed by atoms with Crippen molar-refractivity contribution in [1.29, 1.82) is 0 Å². The maximum absolute atomic E-state index is 13.9. The van der Waals surface area contributed by atoms with Gasteiger partial charge in [-0.1, -0.05) is 12.1 Å². The molecule has 2 aliphatic heterocycles. The highest BCUT2D eigenvalue weighted by molar-refractivity contribution is 5.32. The number of rotatable bonds is 4. The minimum atomic E-state index is -0.249. The summed E-state index contributed by atoms with van der Waals surface area (Å²) in [6.07, 6.45) is 3.04. The summed E-state index contributed by atoms with van der Waals surface area (Å²) in [4.78, 5) is 4.98. The van der Waals surface area contributed by atoms with E-state index in [1.54, 1.807) is 16.8 Å². The molecule has 0 saturated carbocycles. The van der Waals surface area contributed by atoms with E-state index in [-0.39, 0.29) is 5.82 Å². The summed E-state index contributed by atoms with van der Waals surface area (Å²) in [6, 6.07) is 9.34. The summed E-state index contributed by atoms with van der Waals surface area (Å²) in [6.45, 7) is 6.78. The molecule has 3 heterocycles. The summed E-state index contributed by atoms with van der Waals surface area (Å²) >= 11 is 0. The van der Waals surface area contributed by atoms with Gasteiger partial charge in [0.05, 0.1) is 18.9 Å². The lowest BCUT2D eigenvalue weighted by Crippen LogP contribution is -2.44. The van der Waals surface area contributed by atoms with Crippen LogP contribution < -0.4 is 0 Å². The van der Waals surface area contributed by atoms with Crippen molar-refractivity contribution >= 4 is 0 Å². The van der Waals surface area contributed by atoms with Crippen LogP contribution in [0, 0.1) is 5.82 Å². The Morgan fingerprint density at radius 2 is 1.96 bits per heavy atom. The van der Waals surface area contributed by atoms with Crippen LogP contribution >= 0.6 is 0 Å². The quantitative estimate of drug-likeness (QED) is 0.858. The molecule has 2 saturated heterocycles. The summed E-state index contributed by atoms with van der Waals surface area (Å²) in [5, 5.41) is 4.54. The van der Waals surface area contributed by atoms with Crippen molar-refractivity contribution in [3.63, 3.8) is 0 Å². The van der Waals surface area contributed by atoms with Gasteiger partial charge in [-0.15, -0.1) is 0 Å². The van der Waals surface area contributed by atoms with Crippen molar-refractivity contribution in [3.05, 3.63) is 48.0 Å². The molecule has 0 N–H and O–H groups in total. The molecule has 2 aliphatic rings. The van der Waals surface area contributed by atoms with E-state index in [0.29, 0.717) is 11.7 Å². The van der Waals surface area contributed by atoms with E-state index in [2.05, 4.69) is 14.9 Å². The lowest BCUT2D eigenvalue weighted by atomic mass is 10.2. The van der Waals surface area contributed by atoms with Gasteiger partial charge in [0.1, 0.15) is 11.5 Å². The third-order valence-corrected chi connectivity index (χ3v) is 4.94. The standard InChI is InChI=1S/C18H23FN4O/c19-17-3-1-2-4-18(17)23-8-5-15(20-23)13-21-7-6-16(14-21)22-9-11-24-12-10-22/h1-5,8,16H,6-7,9-14H2. The van der Waals surface area contributed by atoms with E-state index in [4.69, 9.17) is 4.74 Å². The molecule has 5 nitrogen and oxygen atoms in total. The molecule has 2 fully saturated rings. The van der Waals surface area contributed by atoms with Gasteiger partial charge in [-0.25, -0.2) is 9.07 Å². The zero-order valence-corrected chi connectivity index (χ0v) is 13.8. The predicted molar refractivity (Wildman–Crippen MR) is 89.6 cm³/mol. The SMILES string of the molecule is Fc1ccccc1-n1ccc(CN2CCC(N3CCOCC3)C2)n1. The Morgan fingerprint density at radius 3 is 2.79 bits per heavy atom. The van der Waals surface area contributed by atoms with Crippen molar-refractivity contribution in [3.8, 4) is 5.69 Å². The molecule has 1 aromatic carbocycles. The topological polar surface area (TPSA) is 33.5 Å². The molecule has 24 heavy (non-hydrogen) atoms. The van der Waals surface area contributed by atoms with Crippen molar-refractivity contribution in [2.24, 2.45) is 0 Å². The van der Waals surface area contributed by atoms with Crippen LogP contribution in [0.4, 0.5) is 4.39 Å². The van der Waals surface area contributed by atoms with Crippen LogP contribution in [0.2, 0.25) is 0 Å². The van der Waals surface area contributed by atoms with E-state index in [1.165, 1.54) is 12.5 Å². The second-order valence-electron chi connectivity index (χ2n) is 6.53. The number of halogens is 1. The molecule has 2 aromatic rings. The average molecular weight is 330 g/mol. The Kier molecular flexibility index (Phi) is 4.60. The van der Waals surface area contributed by atoms with Crippen LogP contribution in [0.25, 0.3) is 5.69 Å². The molecule has 0 radical (unpaired) electrons. The van der Waals surface area contributed by atoms with Crippen molar-refractivity contribution < 1.29 is 9.13 Å². The number of benzene rings is 1. The normalized spacial score (nSPS) is 23.0. The summed E-state index contributed by atoms with van der Waals surface area (Å²) < 4.78 is 20.9. The van der Waals surface area contributed by atoms with Gasteiger partial charge in [0.15, 0.2) is 0 Å². The molecule has 128 valence electrons. The van der Waals surface area contributed by atoms with Gasteiger partial charge in [-0.2, -0.15) is 5.10 Å². The molecule has 0 spiro atoms. The van der Waals surface area contributed by atoms with E-state index >= 15 is 0 Å². The number of aromatic nitrogens is 2.